The fourth-order valence-electron chi connectivity index (χ4n) is 3.38. The molecule has 1 amide bonds. The molecule has 0 aromatic rings. The smallest absolute Gasteiger partial charge is 0.408 e. The van der Waals surface area contributed by atoms with E-state index in [9.17, 15) is 4.79 Å². The third-order valence-electron chi connectivity index (χ3n) is 4.89. The molecular formula is C20H40N4O3. The molecule has 0 bridgehead atoms. The predicted molar refractivity (Wildman–Crippen MR) is 110 cm³/mol. The van der Waals surface area contributed by atoms with Gasteiger partial charge in [0.1, 0.15) is 5.60 Å². The molecule has 27 heavy (non-hydrogen) atoms. The van der Waals surface area contributed by atoms with Gasteiger partial charge in [-0.25, -0.2) is 4.79 Å². The molecular weight excluding hydrogens is 344 g/mol. The molecule has 3 N–H and O–H groups in total. The fraction of sp³-hybridized carbons (Fsp3) is 0.900. The summed E-state index contributed by atoms with van der Waals surface area (Å²) in [6.07, 6.45) is 5.67. The second-order valence-electron chi connectivity index (χ2n) is 9.24. The van der Waals surface area contributed by atoms with Crippen LogP contribution in [0.5, 0.6) is 0 Å². The number of nitrogens with zero attached hydrogens (tertiary/aromatic N) is 1. The number of rotatable bonds is 8. The maximum atomic E-state index is 12.0. The average Bonchev–Trinajstić information content (AvgIpc) is 3.00. The Labute approximate surface area is 165 Å². The van der Waals surface area contributed by atoms with Crippen molar-refractivity contribution in [2.24, 2.45) is 10.4 Å². The number of hydrogen-bond donors (Lipinski definition) is 3. The minimum Gasteiger partial charge on any atom is -0.444 e. The van der Waals surface area contributed by atoms with Gasteiger partial charge in [0, 0.05) is 33.9 Å². The largest absolute Gasteiger partial charge is 0.444 e. The molecule has 0 heterocycles. The summed E-state index contributed by atoms with van der Waals surface area (Å²) in [6.45, 7) is 11.7. The lowest BCUT2D eigenvalue weighted by atomic mass is 9.83. The molecule has 0 atom stereocenters. The van der Waals surface area contributed by atoms with Crippen molar-refractivity contribution in [1.82, 2.24) is 16.0 Å². The van der Waals surface area contributed by atoms with Gasteiger partial charge in [0.15, 0.2) is 5.96 Å². The van der Waals surface area contributed by atoms with Crippen LogP contribution in [0, 0.1) is 5.41 Å². The Kier molecular flexibility index (Phi) is 8.85. The second-order valence-corrected chi connectivity index (χ2v) is 9.24. The first kappa shape index (κ1) is 23.5. The van der Waals surface area contributed by atoms with E-state index >= 15 is 0 Å². The number of methoxy groups -OCH3 is 1. The molecule has 0 aromatic carbocycles. The van der Waals surface area contributed by atoms with E-state index in [1.165, 1.54) is 25.7 Å². The molecule has 0 saturated heterocycles. The van der Waals surface area contributed by atoms with E-state index in [1.807, 2.05) is 34.6 Å². The molecule has 158 valence electrons. The Morgan fingerprint density at radius 1 is 1.11 bits per heavy atom. The van der Waals surface area contributed by atoms with Crippen molar-refractivity contribution in [2.45, 2.75) is 77.9 Å². The Hall–Kier alpha value is -1.50. The van der Waals surface area contributed by atoms with Crippen LogP contribution in [0.1, 0.15) is 66.7 Å². The summed E-state index contributed by atoms with van der Waals surface area (Å²) in [5.41, 5.74) is -0.693. The summed E-state index contributed by atoms with van der Waals surface area (Å²) >= 11 is 0. The van der Waals surface area contributed by atoms with Crippen molar-refractivity contribution in [3.8, 4) is 0 Å². The van der Waals surface area contributed by atoms with Crippen LogP contribution in [0.25, 0.3) is 0 Å². The van der Waals surface area contributed by atoms with Gasteiger partial charge < -0.3 is 25.4 Å². The minimum absolute atomic E-state index is 0.290. The second kappa shape index (κ2) is 10.2. The van der Waals surface area contributed by atoms with Gasteiger partial charge in [-0.1, -0.05) is 12.8 Å². The third kappa shape index (κ3) is 9.31. The van der Waals surface area contributed by atoms with Crippen LogP contribution in [0.4, 0.5) is 4.79 Å². The molecule has 1 aliphatic rings. The van der Waals surface area contributed by atoms with Crippen LogP contribution in [0.2, 0.25) is 0 Å². The SMILES string of the molecule is CN=C(NCC1(CCOC)CCCC1)NCC(C)(C)NC(=O)OC(C)(C)C. The van der Waals surface area contributed by atoms with Gasteiger partial charge >= 0.3 is 6.09 Å². The number of carbonyl (C=O) groups excluding carboxylic acids is 1. The monoisotopic (exact) mass is 384 g/mol. The van der Waals surface area contributed by atoms with E-state index in [-0.39, 0.29) is 5.41 Å². The Morgan fingerprint density at radius 3 is 2.26 bits per heavy atom. The van der Waals surface area contributed by atoms with Crippen molar-refractivity contribution >= 4 is 12.1 Å². The highest BCUT2D eigenvalue weighted by molar-refractivity contribution is 5.80. The first-order valence-corrected chi connectivity index (χ1v) is 9.95. The number of aliphatic imine (C=N–C) groups is 1. The van der Waals surface area contributed by atoms with Gasteiger partial charge in [0.2, 0.25) is 0 Å². The normalized spacial score (nSPS) is 17.5. The average molecular weight is 385 g/mol. The predicted octanol–water partition coefficient (Wildman–Crippen LogP) is 3.05. The topological polar surface area (TPSA) is 84.0 Å². The molecule has 7 nitrogen and oxygen atoms in total. The van der Waals surface area contributed by atoms with E-state index in [1.54, 1.807) is 14.2 Å². The number of hydrogen-bond acceptors (Lipinski definition) is 4. The van der Waals surface area contributed by atoms with Gasteiger partial charge in [-0.15, -0.1) is 0 Å². The van der Waals surface area contributed by atoms with Crippen molar-refractivity contribution < 1.29 is 14.3 Å². The molecule has 0 radical (unpaired) electrons. The van der Waals surface area contributed by atoms with E-state index in [0.717, 1.165) is 25.5 Å². The van der Waals surface area contributed by atoms with Crippen LogP contribution in [0.3, 0.4) is 0 Å². The molecule has 0 unspecified atom stereocenters. The highest BCUT2D eigenvalue weighted by Gasteiger charge is 2.33. The van der Waals surface area contributed by atoms with Gasteiger partial charge in [-0.3, -0.25) is 4.99 Å². The minimum atomic E-state index is -0.511. The van der Waals surface area contributed by atoms with E-state index in [2.05, 4.69) is 20.9 Å². The lowest BCUT2D eigenvalue weighted by molar-refractivity contribution is 0.0474. The van der Waals surface area contributed by atoms with Gasteiger partial charge in [0.05, 0.1) is 5.54 Å². The summed E-state index contributed by atoms with van der Waals surface area (Å²) < 4.78 is 10.6. The maximum absolute atomic E-state index is 12.0. The maximum Gasteiger partial charge on any atom is 0.408 e. The summed E-state index contributed by atoms with van der Waals surface area (Å²) in [5.74, 6) is 0.748. The number of alkyl carbamates (subject to hydrolysis) is 1. The molecule has 1 aliphatic carbocycles. The molecule has 1 rings (SSSR count). The van der Waals surface area contributed by atoms with Crippen LogP contribution in [-0.4, -0.2) is 57.0 Å². The molecule has 1 saturated carbocycles. The number of amides is 1. The van der Waals surface area contributed by atoms with Crippen molar-refractivity contribution in [1.29, 1.82) is 0 Å². The molecule has 0 aromatic heterocycles. The Balaban J connectivity index is 2.49. The van der Waals surface area contributed by atoms with Gasteiger partial charge in [-0.05, 0) is 59.3 Å². The zero-order chi connectivity index (χ0) is 20.6. The number of nitrogens with one attached hydrogen (secondary N) is 3. The third-order valence-corrected chi connectivity index (χ3v) is 4.89. The molecule has 0 spiro atoms. The van der Waals surface area contributed by atoms with Crippen molar-refractivity contribution in [2.75, 3.05) is 33.9 Å². The Bertz CT molecular complexity index is 492. The summed E-state index contributed by atoms with van der Waals surface area (Å²) in [7, 11) is 3.52. The van der Waals surface area contributed by atoms with Crippen molar-refractivity contribution in [3.63, 3.8) is 0 Å². The fourth-order valence-corrected chi connectivity index (χ4v) is 3.38. The van der Waals surface area contributed by atoms with E-state index in [4.69, 9.17) is 9.47 Å². The van der Waals surface area contributed by atoms with Crippen LogP contribution >= 0.6 is 0 Å². The van der Waals surface area contributed by atoms with E-state index in [0.29, 0.717) is 6.54 Å². The van der Waals surface area contributed by atoms with Crippen LogP contribution < -0.4 is 16.0 Å². The number of carbonyl (C=O) groups is 1. The highest BCUT2D eigenvalue weighted by Crippen LogP contribution is 2.40. The quantitative estimate of drug-likeness (QED) is 0.442. The molecule has 0 aliphatic heterocycles. The number of ether oxygens (including phenoxy) is 2. The first-order valence-electron chi connectivity index (χ1n) is 9.95. The molecule has 1 fully saturated rings. The van der Waals surface area contributed by atoms with Gasteiger partial charge in [0.25, 0.3) is 0 Å². The highest BCUT2D eigenvalue weighted by atomic mass is 16.6. The Morgan fingerprint density at radius 2 is 1.74 bits per heavy atom. The number of guanidine groups is 1. The summed E-state index contributed by atoms with van der Waals surface area (Å²) in [6, 6.07) is 0. The molecule has 7 heteroatoms. The van der Waals surface area contributed by atoms with Crippen LogP contribution in [-0.2, 0) is 9.47 Å². The van der Waals surface area contributed by atoms with Crippen LogP contribution in [0.15, 0.2) is 4.99 Å². The van der Waals surface area contributed by atoms with E-state index < -0.39 is 17.2 Å². The lowest BCUT2D eigenvalue weighted by Crippen LogP contribution is -2.54. The summed E-state index contributed by atoms with van der Waals surface area (Å²) in [5, 5.41) is 9.68. The lowest BCUT2D eigenvalue weighted by Gasteiger charge is -2.31. The zero-order valence-electron chi connectivity index (χ0n) is 18.3. The standard InChI is InChI=1S/C20H40N4O3/c1-18(2,3)27-17(25)24-19(4,5)14-22-16(21-6)23-15-20(12-13-26-7)10-8-9-11-20/h8-15H2,1-7H3,(H,24,25)(H2,21,22,23). The van der Waals surface area contributed by atoms with Crippen molar-refractivity contribution in [3.05, 3.63) is 0 Å². The zero-order valence-corrected chi connectivity index (χ0v) is 18.3. The van der Waals surface area contributed by atoms with Gasteiger partial charge in [-0.2, -0.15) is 0 Å². The first-order chi connectivity index (χ1) is 12.5. The summed E-state index contributed by atoms with van der Waals surface area (Å²) in [4.78, 5) is 16.3.